The molecule has 6 heteroatoms. The van der Waals surface area contributed by atoms with Gasteiger partial charge in [0.2, 0.25) is 0 Å². The van der Waals surface area contributed by atoms with Crippen molar-refractivity contribution < 1.29 is 17.9 Å². The van der Waals surface area contributed by atoms with Crippen LogP contribution >= 0.6 is 11.6 Å². The number of rotatable bonds is 2. The van der Waals surface area contributed by atoms with Gasteiger partial charge in [0.15, 0.2) is 5.75 Å². The summed E-state index contributed by atoms with van der Waals surface area (Å²) in [6.45, 7) is 1.50. The number of nitrogens with zero attached hydrogens (tertiary/aromatic N) is 1. The van der Waals surface area contributed by atoms with Crippen LogP contribution in [-0.4, -0.2) is 11.3 Å². The van der Waals surface area contributed by atoms with Crippen LogP contribution in [0.25, 0.3) is 0 Å². The zero-order chi connectivity index (χ0) is 10.8. The van der Waals surface area contributed by atoms with Gasteiger partial charge in [0.1, 0.15) is 0 Å². The van der Waals surface area contributed by atoms with Crippen LogP contribution in [0.1, 0.15) is 11.3 Å². The van der Waals surface area contributed by atoms with Crippen LogP contribution in [0.5, 0.6) is 5.75 Å². The molecule has 0 aliphatic carbocycles. The molecule has 0 aromatic carbocycles. The quantitative estimate of drug-likeness (QED) is 0.722. The molecule has 0 radical (unpaired) electrons. The summed E-state index contributed by atoms with van der Waals surface area (Å²) < 4.78 is 39.2. The van der Waals surface area contributed by atoms with Crippen molar-refractivity contribution in [1.82, 2.24) is 4.98 Å². The summed E-state index contributed by atoms with van der Waals surface area (Å²) >= 11 is 5.46. The zero-order valence-corrected chi connectivity index (χ0v) is 7.99. The predicted molar refractivity (Wildman–Crippen MR) is 45.2 cm³/mol. The maximum absolute atomic E-state index is 11.8. The van der Waals surface area contributed by atoms with Gasteiger partial charge in [-0.05, 0) is 18.6 Å². The van der Waals surface area contributed by atoms with Gasteiger partial charge < -0.3 is 4.74 Å². The van der Waals surface area contributed by atoms with Crippen LogP contribution in [0.4, 0.5) is 13.2 Å². The van der Waals surface area contributed by atoms with Crippen molar-refractivity contribution in [3.8, 4) is 5.75 Å². The minimum Gasteiger partial charge on any atom is -0.404 e. The second-order valence-corrected chi connectivity index (χ2v) is 2.89. The molecule has 1 aromatic heterocycles. The van der Waals surface area contributed by atoms with Gasteiger partial charge in [-0.25, -0.2) is 0 Å². The van der Waals surface area contributed by atoms with Crippen molar-refractivity contribution in [3.63, 3.8) is 0 Å². The smallest absolute Gasteiger partial charge is 0.404 e. The Kier molecular flexibility index (Phi) is 3.21. The lowest BCUT2D eigenvalue weighted by atomic mass is 10.2. The van der Waals surface area contributed by atoms with E-state index in [9.17, 15) is 13.2 Å². The second kappa shape index (κ2) is 4.04. The highest BCUT2D eigenvalue weighted by Gasteiger charge is 2.31. The third kappa shape index (κ3) is 3.06. The summed E-state index contributed by atoms with van der Waals surface area (Å²) in [5.74, 6) is -0.140. The average Bonchev–Trinajstić information content (AvgIpc) is 2.06. The Morgan fingerprint density at radius 1 is 1.50 bits per heavy atom. The molecule has 0 unspecified atom stereocenters. The summed E-state index contributed by atoms with van der Waals surface area (Å²) in [4.78, 5) is 3.69. The highest BCUT2D eigenvalue weighted by molar-refractivity contribution is 6.16. The molecule has 0 bridgehead atoms. The number of pyridine rings is 1. The van der Waals surface area contributed by atoms with Crippen molar-refractivity contribution >= 4 is 11.6 Å². The van der Waals surface area contributed by atoms with Crippen molar-refractivity contribution in [2.45, 2.75) is 19.2 Å². The topological polar surface area (TPSA) is 22.1 Å². The van der Waals surface area contributed by atoms with Gasteiger partial charge in [-0.2, -0.15) is 0 Å². The Labute approximate surface area is 83.7 Å². The molecule has 1 rings (SSSR count). The molecule has 0 fully saturated rings. The Balaban J connectivity index is 2.89. The summed E-state index contributed by atoms with van der Waals surface area (Å²) in [5, 5.41) is 0. The van der Waals surface area contributed by atoms with Crippen molar-refractivity contribution in [2.24, 2.45) is 0 Å². The molecule has 1 heterocycles. The first-order chi connectivity index (χ1) is 6.42. The molecule has 2 nitrogen and oxygen atoms in total. The van der Waals surface area contributed by atoms with E-state index >= 15 is 0 Å². The van der Waals surface area contributed by atoms with Crippen LogP contribution in [-0.2, 0) is 5.88 Å². The highest BCUT2D eigenvalue weighted by atomic mass is 35.5. The van der Waals surface area contributed by atoms with E-state index in [2.05, 4.69) is 9.72 Å². The van der Waals surface area contributed by atoms with E-state index in [4.69, 9.17) is 11.6 Å². The van der Waals surface area contributed by atoms with Gasteiger partial charge in [0.05, 0.1) is 17.8 Å². The van der Waals surface area contributed by atoms with E-state index in [-0.39, 0.29) is 11.6 Å². The molecule has 0 spiro atoms. The number of alkyl halides is 4. The fraction of sp³-hybridized carbons (Fsp3) is 0.375. The normalized spacial score (nSPS) is 11.5. The van der Waals surface area contributed by atoms with Crippen molar-refractivity contribution in [3.05, 3.63) is 23.5 Å². The van der Waals surface area contributed by atoms with Gasteiger partial charge in [0.25, 0.3) is 0 Å². The molecule has 0 aliphatic rings. The van der Waals surface area contributed by atoms with Crippen LogP contribution in [0.2, 0.25) is 0 Å². The summed E-state index contributed by atoms with van der Waals surface area (Å²) in [5.41, 5.74) is 0.867. The van der Waals surface area contributed by atoms with E-state index in [0.29, 0.717) is 11.3 Å². The van der Waals surface area contributed by atoms with Crippen LogP contribution in [0, 0.1) is 6.92 Å². The Morgan fingerprint density at radius 2 is 2.14 bits per heavy atom. The molecule has 0 aliphatic heterocycles. The van der Waals surface area contributed by atoms with Gasteiger partial charge in [-0.15, -0.1) is 24.8 Å². The monoisotopic (exact) mass is 225 g/mol. The van der Waals surface area contributed by atoms with Gasteiger partial charge >= 0.3 is 6.36 Å². The molecule has 0 atom stereocenters. The predicted octanol–water partition coefficient (Wildman–Crippen LogP) is 3.03. The van der Waals surface area contributed by atoms with Gasteiger partial charge in [-0.1, -0.05) is 0 Å². The molecule has 14 heavy (non-hydrogen) atoms. The number of ether oxygens (including phenoxy) is 1. The maximum atomic E-state index is 11.8. The second-order valence-electron chi connectivity index (χ2n) is 2.62. The highest BCUT2D eigenvalue weighted by Crippen LogP contribution is 2.25. The van der Waals surface area contributed by atoms with Crippen LogP contribution in [0.15, 0.2) is 12.3 Å². The minimum atomic E-state index is -4.69. The first kappa shape index (κ1) is 11.1. The first-order valence-electron chi connectivity index (χ1n) is 3.69. The lowest BCUT2D eigenvalue weighted by Crippen LogP contribution is -2.18. The Hall–Kier alpha value is -0.970. The maximum Gasteiger partial charge on any atom is 0.573 e. The standard InChI is InChI=1S/C8H7ClF3NO/c1-5-2-6(3-9)13-4-7(5)14-8(10,11)12/h2,4H,3H2,1H3. The number of hydrogen-bond donors (Lipinski definition) is 0. The third-order valence-corrected chi connectivity index (χ3v) is 1.76. The molecule has 0 amide bonds. The third-order valence-electron chi connectivity index (χ3n) is 1.48. The number of hydrogen-bond acceptors (Lipinski definition) is 2. The van der Waals surface area contributed by atoms with Crippen molar-refractivity contribution in [2.75, 3.05) is 0 Å². The zero-order valence-electron chi connectivity index (χ0n) is 7.23. The van der Waals surface area contributed by atoms with Gasteiger partial charge in [0, 0.05) is 0 Å². The molecule has 1 aromatic rings. The van der Waals surface area contributed by atoms with E-state index in [1.807, 2.05) is 0 Å². The molecule has 0 N–H and O–H groups in total. The average molecular weight is 226 g/mol. The van der Waals surface area contributed by atoms with Crippen molar-refractivity contribution in [1.29, 1.82) is 0 Å². The lowest BCUT2D eigenvalue weighted by molar-refractivity contribution is -0.275. The number of aryl methyl sites for hydroxylation is 1. The number of aromatic nitrogens is 1. The van der Waals surface area contributed by atoms with E-state index in [1.54, 1.807) is 0 Å². The number of halogens is 4. The SMILES string of the molecule is Cc1cc(CCl)ncc1OC(F)(F)F. The fourth-order valence-corrected chi connectivity index (χ4v) is 1.05. The van der Waals surface area contributed by atoms with E-state index < -0.39 is 6.36 Å². The van der Waals surface area contributed by atoms with Crippen LogP contribution in [0.3, 0.4) is 0 Å². The lowest BCUT2D eigenvalue weighted by Gasteiger charge is -2.10. The Morgan fingerprint density at radius 3 is 2.57 bits per heavy atom. The minimum absolute atomic E-state index is 0.160. The molecule has 78 valence electrons. The molecule has 0 saturated carbocycles. The van der Waals surface area contributed by atoms with Gasteiger partial charge in [-0.3, -0.25) is 4.98 Å². The molecular formula is C8H7ClF3NO. The van der Waals surface area contributed by atoms with Crippen LogP contribution < -0.4 is 4.74 Å². The first-order valence-corrected chi connectivity index (χ1v) is 4.23. The molecular weight excluding hydrogens is 219 g/mol. The Bertz CT molecular complexity index is 327. The summed E-state index contributed by atoms with van der Waals surface area (Å²) in [6, 6.07) is 1.45. The largest absolute Gasteiger partial charge is 0.573 e. The summed E-state index contributed by atoms with van der Waals surface area (Å²) in [7, 11) is 0. The van der Waals surface area contributed by atoms with E-state index in [0.717, 1.165) is 6.20 Å². The summed E-state index contributed by atoms with van der Waals surface area (Å²) in [6.07, 6.45) is -3.67. The fourth-order valence-electron chi connectivity index (χ4n) is 0.906. The van der Waals surface area contributed by atoms with E-state index in [1.165, 1.54) is 13.0 Å². The molecule has 0 saturated heterocycles.